The van der Waals surface area contributed by atoms with Crippen LogP contribution in [0.3, 0.4) is 0 Å². The van der Waals surface area contributed by atoms with E-state index in [2.05, 4.69) is 58.5 Å². The van der Waals surface area contributed by atoms with Gasteiger partial charge in [0, 0.05) is 43.2 Å². The van der Waals surface area contributed by atoms with Crippen molar-refractivity contribution < 1.29 is 0 Å². The molecular formula is C21H24N4. The lowest BCUT2D eigenvalue weighted by atomic mass is 10.1. The first-order valence-corrected chi connectivity index (χ1v) is 8.51. The van der Waals surface area contributed by atoms with Gasteiger partial charge in [0.15, 0.2) is 5.82 Å². The number of aromatic nitrogens is 2. The summed E-state index contributed by atoms with van der Waals surface area (Å²) in [5.41, 5.74) is 4.82. The first-order valence-electron chi connectivity index (χ1n) is 8.51. The Morgan fingerprint density at radius 3 is 2.12 bits per heavy atom. The standard InChI is InChI=1S/C21H24N4/c1-25(2)16-20-11-7-6-10-19(20)15-22-12-17-13-23-21(24-14-17)18-8-4-3-5-9-18/h3-11,13-14,22H,12,15-16H2,1-2H3. The zero-order chi connectivity index (χ0) is 17.5. The molecule has 0 aliphatic heterocycles. The number of hydrogen-bond donors (Lipinski definition) is 1. The van der Waals surface area contributed by atoms with Gasteiger partial charge in [-0.15, -0.1) is 0 Å². The van der Waals surface area contributed by atoms with Gasteiger partial charge in [-0.2, -0.15) is 0 Å². The van der Waals surface area contributed by atoms with Crippen LogP contribution in [0, 0.1) is 0 Å². The van der Waals surface area contributed by atoms with Crippen LogP contribution in [0.15, 0.2) is 67.0 Å². The third kappa shape index (κ3) is 4.95. The number of hydrogen-bond acceptors (Lipinski definition) is 4. The van der Waals surface area contributed by atoms with E-state index >= 15 is 0 Å². The molecule has 0 atom stereocenters. The predicted octanol–water partition coefficient (Wildman–Crippen LogP) is 3.50. The van der Waals surface area contributed by atoms with E-state index in [1.54, 1.807) is 0 Å². The summed E-state index contributed by atoms with van der Waals surface area (Å²) in [6, 6.07) is 18.6. The molecule has 128 valence electrons. The normalized spacial score (nSPS) is 11.0. The molecule has 1 aromatic heterocycles. The summed E-state index contributed by atoms with van der Waals surface area (Å²) in [7, 11) is 4.19. The molecule has 0 unspecified atom stereocenters. The lowest BCUT2D eigenvalue weighted by Gasteiger charge is -2.14. The fraction of sp³-hybridized carbons (Fsp3) is 0.238. The van der Waals surface area contributed by atoms with Crippen molar-refractivity contribution in [2.24, 2.45) is 0 Å². The van der Waals surface area contributed by atoms with Crippen LogP contribution in [0.2, 0.25) is 0 Å². The van der Waals surface area contributed by atoms with Crippen LogP contribution in [0.1, 0.15) is 16.7 Å². The van der Waals surface area contributed by atoms with E-state index < -0.39 is 0 Å². The van der Waals surface area contributed by atoms with Crippen molar-refractivity contribution in [1.29, 1.82) is 0 Å². The minimum atomic E-state index is 0.755. The van der Waals surface area contributed by atoms with Gasteiger partial charge in [-0.25, -0.2) is 9.97 Å². The molecule has 0 fully saturated rings. The molecule has 0 spiro atoms. The third-order valence-electron chi connectivity index (χ3n) is 3.99. The Labute approximate surface area is 149 Å². The summed E-state index contributed by atoms with van der Waals surface area (Å²) in [5, 5.41) is 3.49. The predicted molar refractivity (Wildman–Crippen MR) is 102 cm³/mol. The van der Waals surface area contributed by atoms with Crippen molar-refractivity contribution in [2.75, 3.05) is 14.1 Å². The summed E-state index contributed by atoms with van der Waals surface area (Å²) in [6.45, 7) is 2.54. The first-order chi connectivity index (χ1) is 12.2. The quantitative estimate of drug-likeness (QED) is 0.719. The molecule has 4 heteroatoms. The van der Waals surface area contributed by atoms with Gasteiger partial charge in [-0.1, -0.05) is 54.6 Å². The SMILES string of the molecule is CN(C)Cc1ccccc1CNCc1cnc(-c2ccccc2)nc1. The fourth-order valence-corrected chi connectivity index (χ4v) is 2.75. The molecule has 0 aliphatic carbocycles. The average Bonchev–Trinajstić information content (AvgIpc) is 2.64. The Kier molecular flexibility index (Phi) is 5.88. The highest BCUT2D eigenvalue weighted by atomic mass is 15.0. The topological polar surface area (TPSA) is 41.0 Å². The van der Waals surface area contributed by atoms with Gasteiger partial charge < -0.3 is 10.2 Å². The smallest absolute Gasteiger partial charge is 0.159 e. The first kappa shape index (κ1) is 17.3. The Morgan fingerprint density at radius 2 is 1.44 bits per heavy atom. The van der Waals surface area contributed by atoms with Crippen LogP contribution in [-0.4, -0.2) is 29.0 Å². The largest absolute Gasteiger partial charge is 0.308 e. The minimum absolute atomic E-state index is 0.755. The van der Waals surface area contributed by atoms with Crippen LogP contribution in [0.4, 0.5) is 0 Å². The molecular weight excluding hydrogens is 308 g/mol. The second-order valence-electron chi connectivity index (χ2n) is 6.39. The van der Waals surface area contributed by atoms with Crippen LogP contribution >= 0.6 is 0 Å². The number of rotatable bonds is 7. The second kappa shape index (κ2) is 8.51. The van der Waals surface area contributed by atoms with Crippen molar-refractivity contribution in [1.82, 2.24) is 20.2 Å². The lowest BCUT2D eigenvalue weighted by molar-refractivity contribution is 0.400. The molecule has 0 amide bonds. The maximum Gasteiger partial charge on any atom is 0.159 e. The molecule has 25 heavy (non-hydrogen) atoms. The Morgan fingerprint density at radius 1 is 0.800 bits per heavy atom. The van der Waals surface area contributed by atoms with E-state index in [0.717, 1.165) is 36.6 Å². The van der Waals surface area contributed by atoms with Crippen molar-refractivity contribution >= 4 is 0 Å². The molecule has 1 heterocycles. The Balaban J connectivity index is 1.58. The summed E-state index contributed by atoms with van der Waals surface area (Å²) < 4.78 is 0. The molecule has 0 aliphatic rings. The van der Waals surface area contributed by atoms with E-state index in [-0.39, 0.29) is 0 Å². The zero-order valence-electron chi connectivity index (χ0n) is 14.8. The molecule has 0 saturated carbocycles. The van der Waals surface area contributed by atoms with Gasteiger partial charge in [0.25, 0.3) is 0 Å². The summed E-state index contributed by atoms with van der Waals surface area (Å²) in [5.74, 6) is 0.765. The summed E-state index contributed by atoms with van der Waals surface area (Å²) in [4.78, 5) is 11.1. The van der Waals surface area contributed by atoms with Crippen LogP contribution in [0.25, 0.3) is 11.4 Å². The highest BCUT2D eigenvalue weighted by molar-refractivity contribution is 5.53. The van der Waals surface area contributed by atoms with Crippen LogP contribution in [0.5, 0.6) is 0 Å². The van der Waals surface area contributed by atoms with E-state index in [1.165, 1.54) is 11.1 Å². The molecule has 4 nitrogen and oxygen atoms in total. The average molecular weight is 332 g/mol. The van der Waals surface area contributed by atoms with Crippen LogP contribution in [-0.2, 0) is 19.6 Å². The van der Waals surface area contributed by atoms with Gasteiger partial charge in [0.1, 0.15) is 0 Å². The minimum Gasteiger partial charge on any atom is -0.308 e. The summed E-state index contributed by atoms with van der Waals surface area (Å²) >= 11 is 0. The molecule has 0 saturated heterocycles. The van der Waals surface area contributed by atoms with E-state index in [1.807, 2.05) is 42.7 Å². The Hall–Kier alpha value is -2.56. The maximum atomic E-state index is 4.47. The number of nitrogens with one attached hydrogen (secondary N) is 1. The molecule has 3 aromatic rings. The van der Waals surface area contributed by atoms with E-state index in [9.17, 15) is 0 Å². The van der Waals surface area contributed by atoms with E-state index in [4.69, 9.17) is 0 Å². The molecule has 0 bridgehead atoms. The molecule has 1 N–H and O–H groups in total. The molecule has 3 rings (SSSR count). The van der Waals surface area contributed by atoms with Crippen molar-refractivity contribution in [3.8, 4) is 11.4 Å². The summed E-state index contributed by atoms with van der Waals surface area (Å²) in [6.07, 6.45) is 3.79. The highest BCUT2D eigenvalue weighted by Gasteiger charge is 2.04. The Bertz CT molecular complexity index is 783. The second-order valence-corrected chi connectivity index (χ2v) is 6.39. The van der Waals surface area contributed by atoms with Crippen molar-refractivity contribution in [2.45, 2.75) is 19.6 Å². The fourth-order valence-electron chi connectivity index (χ4n) is 2.75. The van der Waals surface area contributed by atoms with Crippen LogP contribution < -0.4 is 5.32 Å². The van der Waals surface area contributed by atoms with Gasteiger partial charge in [0.05, 0.1) is 0 Å². The van der Waals surface area contributed by atoms with Gasteiger partial charge in [0.2, 0.25) is 0 Å². The monoisotopic (exact) mass is 332 g/mol. The lowest BCUT2D eigenvalue weighted by Crippen LogP contribution is -2.17. The van der Waals surface area contributed by atoms with Gasteiger partial charge >= 0.3 is 0 Å². The number of benzene rings is 2. The molecule has 2 aromatic carbocycles. The van der Waals surface area contributed by atoms with Crippen molar-refractivity contribution in [3.05, 3.63) is 83.7 Å². The zero-order valence-corrected chi connectivity index (χ0v) is 14.8. The van der Waals surface area contributed by atoms with Gasteiger partial charge in [-0.3, -0.25) is 0 Å². The van der Waals surface area contributed by atoms with E-state index in [0.29, 0.717) is 0 Å². The maximum absolute atomic E-state index is 4.47. The third-order valence-corrected chi connectivity index (χ3v) is 3.99. The van der Waals surface area contributed by atoms with Gasteiger partial charge in [-0.05, 0) is 25.2 Å². The highest BCUT2D eigenvalue weighted by Crippen LogP contribution is 2.14. The van der Waals surface area contributed by atoms with Crippen molar-refractivity contribution in [3.63, 3.8) is 0 Å². The molecule has 0 radical (unpaired) electrons. The number of nitrogens with zero attached hydrogens (tertiary/aromatic N) is 3.